The second kappa shape index (κ2) is 6.26. The maximum absolute atomic E-state index is 11.9. The molecule has 1 aromatic carbocycles. The number of ether oxygens (including phenoxy) is 2. The van der Waals surface area contributed by atoms with Gasteiger partial charge in [0.05, 0.1) is 17.6 Å². The van der Waals surface area contributed by atoms with Gasteiger partial charge in [0.15, 0.2) is 21.3 Å². The van der Waals surface area contributed by atoms with Crippen LogP contribution in [0.1, 0.15) is 31.1 Å². The van der Waals surface area contributed by atoms with E-state index >= 15 is 0 Å². The summed E-state index contributed by atoms with van der Waals surface area (Å²) in [6, 6.07) is 4.72. The first kappa shape index (κ1) is 16.5. The molecule has 0 N–H and O–H groups in total. The molecule has 1 rings (SSSR count). The van der Waals surface area contributed by atoms with E-state index in [1.54, 1.807) is 39.0 Å². The molecule has 112 valence electrons. The Kier molecular flexibility index (Phi) is 5.16. The monoisotopic (exact) mass is 300 g/mol. The van der Waals surface area contributed by atoms with E-state index in [2.05, 4.69) is 0 Å². The number of carbonyl (C=O) groups is 1. The van der Waals surface area contributed by atoms with Gasteiger partial charge in [-0.3, -0.25) is 4.79 Å². The highest BCUT2D eigenvalue weighted by Gasteiger charge is 2.28. The van der Waals surface area contributed by atoms with Crippen LogP contribution in [0.3, 0.4) is 0 Å². The minimum absolute atomic E-state index is 0.0381. The van der Waals surface area contributed by atoms with Gasteiger partial charge < -0.3 is 9.47 Å². The van der Waals surface area contributed by atoms with E-state index in [0.29, 0.717) is 23.3 Å². The van der Waals surface area contributed by atoms with Crippen molar-refractivity contribution >= 4 is 16.1 Å². The van der Waals surface area contributed by atoms with Gasteiger partial charge in [-0.15, -0.1) is 0 Å². The Morgan fingerprint density at radius 3 is 2.35 bits per heavy atom. The number of carbonyl (C=O) groups excluding carboxylic acids is 1. The average molecular weight is 300 g/mol. The van der Waals surface area contributed by atoms with E-state index < -0.39 is 14.6 Å². The summed E-state index contributed by atoms with van der Waals surface area (Å²) in [5.74, 6) is 0.750. The topological polar surface area (TPSA) is 69.7 Å². The fourth-order valence-corrected chi connectivity index (χ4v) is 2.36. The molecular formula is C14H20O5S. The van der Waals surface area contributed by atoms with Gasteiger partial charge in [0.25, 0.3) is 0 Å². The lowest BCUT2D eigenvalue weighted by atomic mass is 10.2. The quantitative estimate of drug-likeness (QED) is 0.752. The Bertz CT molecular complexity index is 570. The highest BCUT2D eigenvalue weighted by Crippen LogP contribution is 2.27. The molecular weight excluding hydrogens is 280 g/mol. The number of methoxy groups -OCH3 is 1. The molecule has 0 spiro atoms. The van der Waals surface area contributed by atoms with Gasteiger partial charge in [0.1, 0.15) is 12.9 Å². The Morgan fingerprint density at radius 2 is 1.85 bits per heavy atom. The summed E-state index contributed by atoms with van der Waals surface area (Å²) < 4.78 is 33.6. The maximum atomic E-state index is 11.9. The third kappa shape index (κ3) is 3.96. The van der Waals surface area contributed by atoms with E-state index in [9.17, 15) is 13.2 Å². The van der Waals surface area contributed by atoms with E-state index in [4.69, 9.17) is 9.47 Å². The van der Waals surface area contributed by atoms with E-state index in [1.807, 2.05) is 0 Å². The minimum atomic E-state index is -3.22. The maximum Gasteiger partial charge on any atom is 0.161 e. The summed E-state index contributed by atoms with van der Waals surface area (Å²) >= 11 is 0. The lowest BCUT2D eigenvalue weighted by molar-refractivity contribution is 0.112. The summed E-state index contributed by atoms with van der Waals surface area (Å²) in [7, 11) is -1.76. The van der Waals surface area contributed by atoms with Gasteiger partial charge in [-0.05, 0) is 39.0 Å². The lowest BCUT2D eigenvalue weighted by Crippen LogP contribution is -2.32. The van der Waals surface area contributed by atoms with Gasteiger partial charge >= 0.3 is 0 Å². The van der Waals surface area contributed by atoms with Crippen molar-refractivity contribution in [3.8, 4) is 11.5 Å². The highest BCUT2D eigenvalue weighted by atomic mass is 32.2. The number of rotatable bonds is 6. The number of sulfone groups is 1. The molecule has 1 aromatic rings. The number of aldehydes is 1. The van der Waals surface area contributed by atoms with Crippen molar-refractivity contribution in [2.45, 2.75) is 25.5 Å². The zero-order valence-corrected chi connectivity index (χ0v) is 13.0. The SMILES string of the molecule is COc1cc(C=O)ccc1OCCS(=O)(=O)C(C)(C)C. The standard InChI is InChI=1S/C14H20O5S/c1-14(2,3)20(16,17)8-7-19-12-6-5-11(10-15)9-13(12)18-4/h5-6,9-10H,7-8H2,1-4H3. The molecule has 0 bridgehead atoms. The van der Waals surface area contributed by atoms with Crippen LogP contribution in [0.25, 0.3) is 0 Å². The van der Waals surface area contributed by atoms with Crippen LogP contribution in [0, 0.1) is 0 Å². The van der Waals surface area contributed by atoms with Crippen LogP contribution in [0.2, 0.25) is 0 Å². The average Bonchev–Trinajstić information content (AvgIpc) is 2.37. The van der Waals surface area contributed by atoms with Crippen molar-refractivity contribution in [2.24, 2.45) is 0 Å². The van der Waals surface area contributed by atoms with Crippen molar-refractivity contribution in [1.82, 2.24) is 0 Å². The largest absolute Gasteiger partial charge is 0.493 e. The number of benzene rings is 1. The molecule has 0 aliphatic rings. The van der Waals surface area contributed by atoms with Crippen LogP contribution < -0.4 is 9.47 Å². The molecule has 0 saturated heterocycles. The summed E-state index contributed by atoms with van der Waals surface area (Å²) in [5, 5.41) is 0. The van der Waals surface area contributed by atoms with Gasteiger partial charge in [-0.1, -0.05) is 0 Å². The second-order valence-corrected chi connectivity index (χ2v) is 8.17. The summed E-state index contributed by atoms with van der Waals surface area (Å²) in [6.45, 7) is 5.00. The minimum Gasteiger partial charge on any atom is -0.493 e. The van der Waals surface area contributed by atoms with E-state index in [-0.39, 0.29) is 12.4 Å². The molecule has 0 heterocycles. The van der Waals surface area contributed by atoms with Crippen LogP contribution in [0.15, 0.2) is 18.2 Å². The van der Waals surface area contributed by atoms with Crippen LogP contribution in [0.5, 0.6) is 11.5 Å². The molecule has 5 nitrogen and oxygen atoms in total. The summed E-state index contributed by atoms with van der Waals surface area (Å²) in [4.78, 5) is 10.7. The van der Waals surface area contributed by atoms with Crippen molar-refractivity contribution in [1.29, 1.82) is 0 Å². The molecule has 0 aliphatic heterocycles. The molecule has 0 fully saturated rings. The van der Waals surface area contributed by atoms with Crippen molar-refractivity contribution in [2.75, 3.05) is 19.5 Å². The summed E-state index contributed by atoms with van der Waals surface area (Å²) in [6.07, 6.45) is 0.705. The predicted molar refractivity (Wildman–Crippen MR) is 77.4 cm³/mol. The van der Waals surface area contributed by atoms with Gasteiger partial charge in [-0.2, -0.15) is 0 Å². The first-order valence-electron chi connectivity index (χ1n) is 6.19. The number of hydrogen-bond donors (Lipinski definition) is 0. The first-order valence-corrected chi connectivity index (χ1v) is 7.85. The van der Waals surface area contributed by atoms with Crippen molar-refractivity contribution in [3.63, 3.8) is 0 Å². The van der Waals surface area contributed by atoms with Crippen LogP contribution in [-0.2, 0) is 9.84 Å². The molecule has 0 aromatic heterocycles. The normalized spacial score (nSPS) is 12.0. The Morgan fingerprint density at radius 1 is 1.20 bits per heavy atom. The first-order chi connectivity index (χ1) is 9.21. The second-order valence-electron chi connectivity index (χ2n) is 5.31. The van der Waals surface area contributed by atoms with Crippen LogP contribution in [0.4, 0.5) is 0 Å². The van der Waals surface area contributed by atoms with E-state index in [0.717, 1.165) is 0 Å². The third-order valence-electron chi connectivity index (χ3n) is 2.87. The Balaban J connectivity index is 2.74. The molecule has 0 unspecified atom stereocenters. The van der Waals surface area contributed by atoms with Crippen LogP contribution >= 0.6 is 0 Å². The fourth-order valence-electron chi connectivity index (χ4n) is 1.44. The van der Waals surface area contributed by atoms with Gasteiger partial charge in [0, 0.05) is 5.56 Å². The zero-order valence-electron chi connectivity index (χ0n) is 12.2. The fraction of sp³-hybridized carbons (Fsp3) is 0.500. The van der Waals surface area contributed by atoms with Crippen molar-refractivity contribution < 1.29 is 22.7 Å². The third-order valence-corrected chi connectivity index (χ3v) is 5.44. The zero-order chi connectivity index (χ0) is 15.4. The predicted octanol–water partition coefficient (Wildman–Crippen LogP) is 2.10. The molecule has 0 atom stereocenters. The Hall–Kier alpha value is -1.56. The Labute approximate surface area is 119 Å². The molecule has 0 saturated carbocycles. The molecule has 0 radical (unpaired) electrons. The molecule has 20 heavy (non-hydrogen) atoms. The van der Waals surface area contributed by atoms with E-state index in [1.165, 1.54) is 7.11 Å². The molecule has 6 heteroatoms. The highest BCUT2D eigenvalue weighted by molar-refractivity contribution is 7.92. The van der Waals surface area contributed by atoms with Crippen molar-refractivity contribution in [3.05, 3.63) is 23.8 Å². The van der Waals surface area contributed by atoms with Crippen LogP contribution in [-0.4, -0.2) is 38.9 Å². The molecule has 0 amide bonds. The summed E-state index contributed by atoms with van der Waals surface area (Å²) in [5.41, 5.74) is 0.469. The van der Waals surface area contributed by atoms with Gasteiger partial charge in [0.2, 0.25) is 0 Å². The van der Waals surface area contributed by atoms with Gasteiger partial charge in [-0.25, -0.2) is 8.42 Å². The number of hydrogen-bond acceptors (Lipinski definition) is 5. The lowest BCUT2D eigenvalue weighted by Gasteiger charge is -2.19. The smallest absolute Gasteiger partial charge is 0.161 e. The molecule has 0 aliphatic carbocycles.